The van der Waals surface area contributed by atoms with Crippen LogP contribution in [0.3, 0.4) is 0 Å². The van der Waals surface area contributed by atoms with E-state index in [4.69, 9.17) is 0 Å². The zero-order valence-electron chi connectivity index (χ0n) is 9.77. The molecule has 0 radical (unpaired) electrons. The molecule has 0 aromatic heterocycles. The molecule has 0 atom stereocenters. The third-order valence-corrected chi connectivity index (χ3v) is 5.24. The molecular formula is C8H19N3O4S2. The van der Waals surface area contributed by atoms with Gasteiger partial charge in [-0.3, -0.25) is 0 Å². The maximum atomic E-state index is 11.5. The second-order valence-corrected chi connectivity index (χ2v) is 7.60. The quantitative estimate of drug-likeness (QED) is 0.552. The summed E-state index contributed by atoms with van der Waals surface area (Å²) in [6.07, 6.45) is 3.74. The van der Waals surface area contributed by atoms with E-state index in [1.54, 1.807) is 0 Å². The first kappa shape index (κ1) is 14.8. The van der Waals surface area contributed by atoms with Crippen LogP contribution in [0.5, 0.6) is 0 Å². The van der Waals surface area contributed by atoms with Gasteiger partial charge in [0.2, 0.25) is 10.0 Å². The third-order valence-electron chi connectivity index (χ3n) is 2.65. The van der Waals surface area contributed by atoms with Crippen LogP contribution >= 0.6 is 0 Å². The van der Waals surface area contributed by atoms with E-state index < -0.39 is 20.2 Å². The zero-order chi connectivity index (χ0) is 12.9. The fraction of sp³-hybridized carbons (Fsp3) is 1.00. The first-order chi connectivity index (χ1) is 7.85. The Morgan fingerprint density at radius 3 is 2.24 bits per heavy atom. The molecule has 102 valence electrons. The Balaban J connectivity index is 2.34. The van der Waals surface area contributed by atoms with Gasteiger partial charge in [0.05, 0.1) is 5.75 Å². The second-order valence-electron chi connectivity index (χ2n) is 4.02. The lowest BCUT2D eigenvalue weighted by molar-refractivity contribution is 0.540. The molecule has 0 aliphatic heterocycles. The Kier molecular flexibility index (Phi) is 5.32. The van der Waals surface area contributed by atoms with E-state index in [2.05, 4.69) is 14.2 Å². The average molecular weight is 285 g/mol. The molecule has 0 aromatic carbocycles. The largest absolute Gasteiger partial charge is 0.277 e. The summed E-state index contributed by atoms with van der Waals surface area (Å²) < 4.78 is 52.0. The average Bonchev–Trinajstić information content (AvgIpc) is 2.69. The molecule has 1 saturated carbocycles. The number of sulfonamides is 1. The van der Waals surface area contributed by atoms with Crippen molar-refractivity contribution in [1.29, 1.82) is 0 Å². The zero-order valence-corrected chi connectivity index (χ0v) is 11.4. The van der Waals surface area contributed by atoms with Crippen LogP contribution in [0.15, 0.2) is 0 Å². The summed E-state index contributed by atoms with van der Waals surface area (Å²) in [7, 11) is -5.67. The molecule has 1 fully saturated rings. The summed E-state index contributed by atoms with van der Waals surface area (Å²) in [4.78, 5) is 0. The predicted molar refractivity (Wildman–Crippen MR) is 65.2 cm³/mol. The number of rotatable bonds is 7. The Morgan fingerprint density at radius 2 is 1.71 bits per heavy atom. The van der Waals surface area contributed by atoms with Crippen LogP contribution in [0.4, 0.5) is 0 Å². The van der Waals surface area contributed by atoms with Crippen LogP contribution < -0.4 is 14.2 Å². The number of nitrogens with one attached hydrogen (secondary N) is 3. The Morgan fingerprint density at radius 1 is 1.12 bits per heavy atom. The topological polar surface area (TPSA) is 104 Å². The van der Waals surface area contributed by atoms with Crippen molar-refractivity contribution in [2.45, 2.75) is 31.7 Å². The van der Waals surface area contributed by atoms with E-state index in [1.807, 2.05) is 0 Å². The molecule has 3 N–H and O–H groups in total. The van der Waals surface area contributed by atoms with Gasteiger partial charge in [0, 0.05) is 12.6 Å². The fourth-order valence-electron chi connectivity index (χ4n) is 1.72. The summed E-state index contributed by atoms with van der Waals surface area (Å²) in [5, 5.41) is 0. The van der Waals surface area contributed by atoms with E-state index >= 15 is 0 Å². The first-order valence-electron chi connectivity index (χ1n) is 5.53. The lowest BCUT2D eigenvalue weighted by Crippen LogP contribution is -2.43. The summed E-state index contributed by atoms with van der Waals surface area (Å²) in [5.74, 6) is -0.269. The Hall–Kier alpha value is -0.220. The molecule has 0 bridgehead atoms. The molecule has 1 aliphatic rings. The van der Waals surface area contributed by atoms with E-state index in [0.717, 1.165) is 25.7 Å². The standard InChI is InChI=1S/C8H19N3O4S2/c1-9-16(12,13)7-6-10-17(14,15)11-8-4-2-3-5-8/h8-11H,2-7H2,1H3. The molecule has 7 nitrogen and oxygen atoms in total. The summed E-state index contributed by atoms with van der Waals surface area (Å²) in [6, 6.07) is -0.0200. The highest BCUT2D eigenvalue weighted by Crippen LogP contribution is 2.17. The van der Waals surface area contributed by atoms with Gasteiger partial charge in [0.25, 0.3) is 10.2 Å². The van der Waals surface area contributed by atoms with Crippen molar-refractivity contribution < 1.29 is 16.8 Å². The summed E-state index contributed by atoms with van der Waals surface area (Å²) >= 11 is 0. The van der Waals surface area contributed by atoms with Crippen LogP contribution in [0.2, 0.25) is 0 Å². The van der Waals surface area contributed by atoms with Crippen molar-refractivity contribution in [3.05, 3.63) is 0 Å². The van der Waals surface area contributed by atoms with E-state index in [-0.39, 0.29) is 18.3 Å². The van der Waals surface area contributed by atoms with Crippen molar-refractivity contribution >= 4 is 20.2 Å². The van der Waals surface area contributed by atoms with Gasteiger partial charge in [-0.2, -0.15) is 13.1 Å². The van der Waals surface area contributed by atoms with Crippen LogP contribution in [-0.4, -0.2) is 42.2 Å². The molecule has 9 heteroatoms. The van der Waals surface area contributed by atoms with Gasteiger partial charge in [-0.25, -0.2) is 17.9 Å². The molecular weight excluding hydrogens is 266 g/mol. The smallest absolute Gasteiger partial charge is 0.218 e. The maximum absolute atomic E-state index is 11.5. The van der Waals surface area contributed by atoms with E-state index in [0.29, 0.717) is 0 Å². The van der Waals surface area contributed by atoms with Gasteiger partial charge >= 0.3 is 0 Å². The predicted octanol–water partition coefficient (Wildman–Crippen LogP) is -1.10. The molecule has 1 aliphatic carbocycles. The van der Waals surface area contributed by atoms with Crippen LogP contribution in [-0.2, 0) is 20.2 Å². The molecule has 1 rings (SSSR count). The fourth-order valence-corrected chi connectivity index (χ4v) is 3.55. The molecule has 0 saturated heterocycles. The third kappa shape index (κ3) is 5.77. The van der Waals surface area contributed by atoms with Crippen molar-refractivity contribution in [3.63, 3.8) is 0 Å². The van der Waals surface area contributed by atoms with Gasteiger partial charge in [0.15, 0.2) is 0 Å². The van der Waals surface area contributed by atoms with Gasteiger partial charge in [-0.1, -0.05) is 12.8 Å². The highest BCUT2D eigenvalue weighted by molar-refractivity contribution is 7.89. The van der Waals surface area contributed by atoms with E-state index in [1.165, 1.54) is 7.05 Å². The van der Waals surface area contributed by atoms with Crippen LogP contribution in [0.1, 0.15) is 25.7 Å². The highest BCUT2D eigenvalue weighted by Gasteiger charge is 2.21. The van der Waals surface area contributed by atoms with E-state index in [9.17, 15) is 16.8 Å². The van der Waals surface area contributed by atoms with Gasteiger partial charge in [-0.05, 0) is 19.9 Å². The molecule has 0 aromatic rings. The molecule has 0 amide bonds. The van der Waals surface area contributed by atoms with Crippen LogP contribution in [0, 0.1) is 0 Å². The second kappa shape index (κ2) is 6.10. The summed E-state index contributed by atoms with van der Waals surface area (Å²) in [5.41, 5.74) is 0. The first-order valence-corrected chi connectivity index (χ1v) is 8.66. The van der Waals surface area contributed by atoms with Crippen molar-refractivity contribution in [2.75, 3.05) is 19.3 Å². The van der Waals surface area contributed by atoms with Gasteiger partial charge < -0.3 is 0 Å². The van der Waals surface area contributed by atoms with Crippen molar-refractivity contribution in [1.82, 2.24) is 14.2 Å². The minimum atomic E-state index is -3.59. The molecule has 0 unspecified atom stereocenters. The highest BCUT2D eigenvalue weighted by atomic mass is 32.2. The Labute approximate surface area is 103 Å². The summed E-state index contributed by atoms with van der Waals surface area (Å²) in [6.45, 7) is -0.134. The number of hydrogen-bond acceptors (Lipinski definition) is 4. The molecule has 0 heterocycles. The Bertz CT molecular complexity index is 426. The minimum Gasteiger partial charge on any atom is -0.218 e. The van der Waals surface area contributed by atoms with Crippen molar-refractivity contribution in [3.8, 4) is 0 Å². The maximum Gasteiger partial charge on any atom is 0.277 e. The minimum absolute atomic E-state index is 0.0200. The van der Waals surface area contributed by atoms with Crippen molar-refractivity contribution in [2.24, 2.45) is 0 Å². The monoisotopic (exact) mass is 285 g/mol. The van der Waals surface area contributed by atoms with Gasteiger partial charge in [0.1, 0.15) is 0 Å². The SMILES string of the molecule is CNS(=O)(=O)CCNS(=O)(=O)NC1CCCC1. The lowest BCUT2D eigenvalue weighted by Gasteiger charge is -2.13. The van der Waals surface area contributed by atoms with Crippen LogP contribution in [0.25, 0.3) is 0 Å². The normalized spacial score (nSPS) is 18.6. The molecule has 0 spiro atoms. The lowest BCUT2D eigenvalue weighted by atomic mass is 10.3. The molecule has 17 heavy (non-hydrogen) atoms. The van der Waals surface area contributed by atoms with Gasteiger partial charge in [-0.15, -0.1) is 0 Å². The number of hydrogen-bond donors (Lipinski definition) is 3.